The number of rotatable bonds is 6. The standard InChI is InChI=1S/C10H17N3O2/c11-8-9-10(2-1-3-12-9)13(4-6-14)5-7-15/h1-3,14-15H,4-8,11H2. The summed E-state index contributed by atoms with van der Waals surface area (Å²) in [6, 6.07) is 3.71. The van der Waals surface area contributed by atoms with Crippen LogP contribution in [0.25, 0.3) is 0 Å². The van der Waals surface area contributed by atoms with Gasteiger partial charge in [-0.2, -0.15) is 0 Å². The van der Waals surface area contributed by atoms with Crippen LogP contribution in [0.2, 0.25) is 0 Å². The van der Waals surface area contributed by atoms with Gasteiger partial charge >= 0.3 is 0 Å². The first kappa shape index (κ1) is 11.9. The third kappa shape index (κ3) is 3.16. The van der Waals surface area contributed by atoms with Gasteiger partial charge in [0, 0.05) is 25.8 Å². The van der Waals surface area contributed by atoms with Crippen molar-refractivity contribution in [3.63, 3.8) is 0 Å². The van der Waals surface area contributed by atoms with Gasteiger partial charge in [0.2, 0.25) is 0 Å². The van der Waals surface area contributed by atoms with E-state index in [0.717, 1.165) is 11.4 Å². The normalized spacial score (nSPS) is 10.3. The van der Waals surface area contributed by atoms with Crippen LogP contribution in [0.5, 0.6) is 0 Å². The van der Waals surface area contributed by atoms with Crippen molar-refractivity contribution in [3.05, 3.63) is 24.0 Å². The Morgan fingerprint density at radius 1 is 1.27 bits per heavy atom. The number of hydrogen-bond donors (Lipinski definition) is 3. The molecule has 0 unspecified atom stereocenters. The molecule has 4 N–H and O–H groups in total. The van der Waals surface area contributed by atoms with Crippen molar-refractivity contribution in [2.75, 3.05) is 31.2 Å². The minimum absolute atomic E-state index is 0.0406. The van der Waals surface area contributed by atoms with Crippen LogP contribution >= 0.6 is 0 Å². The van der Waals surface area contributed by atoms with Gasteiger partial charge in [0.25, 0.3) is 0 Å². The van der Waals surface area contributed by atoms with Crippen molar-refractivity contribution in [1.82, 2.24) is 4.98 Å². The SMILES string of the molecule is NCc1ncccc1N(CCO)CCO. The summed E-state index contributed by atoms with van der Waals surface area (Å²) in [5.74, 6) is 0. The lowest BCUT2D eigenvalue weighted by atomic mass is 10.2. The largest absolute Gasteiger partial charge is 0.395 e. The lowest BCUT2D eigenvalue weighted by Gasteiger charge is -2.24. The van der Waals surface area contributed by atoms with E-state index in [0.29, 0.717) is 19.6 Å². The van der Waals surface area contributed by atoms with Crippen molar-refractivity contribution < 1.29 is 10.2 Å². The highest BCUT2D eigenvalue weighted by atomic mass is 16.3. The highest BCUT2D eigenvalue weighted by molar-refractivity contribution is 5.50. The summed E-state index contributed by atoms with van der Waals surface area (Å²) in [7, 11) is 0. The Kier molecular flexibility index (Phi) is 5.03. The van der Waals surface area contributed by atoms with Gasteiger partial charge in [0.15, 0.2) is 0 Å². The van der Waals surface area contributed by atoms with Gasteiger partial charge in [-0.15, -0.1) is 0 Å². The molecule has 1 heterocycles. The molecule has 0 aliphatic rings. The summed E-state index contributed by atoms with van der Waals surface area (Å²) in [6.07, 6.45) is 1.68. The zero-order valence-corrected chi connectivity index (χ0v) is 8.63. The van der Waals surface area contributed by atoms with Gasteiger partial charge in [-0.3, -0.25) is 4.98 Å². The lowest BCUT2D eigenvalue weighted by molar-refractivity contribution is 0.281. The molecular weight excluding hydrogens is 194 g/mol. The van der Waals surface area contributed by atoms with E-state index in [9.17, 15) is 0 Å². The maximum absolute atomic E-state index is 8.91. The Balaban J connectivity index is 2.88. The van der Waals surface area contributed by atoms with Gasteiger partial charge in [0.05, 0.1) is 24.6 Å². The van der Waals surface area contributed by atoms with Crippen LogP contribution in [0.1, 0.15) is 5.69 Å². The van der Waals surface area contributed by atoms with Crippen LogP contribution in [-0.4, -0.2) is 41.5 Å². The Bertz CT molecular complexity index is 288. The van der Waals surface area contributed by atoms with E-state index in [1.807, 2.05) is 17.0 Å². The molecule has 1 rings (SSSR count). The number of aliphatic hydroxyl groups excluding tert-OH is 2. The second-order valence-corrected chi connectivity index (χ2v) is 3.11. The van der Waals surface area contributed by atoms with Gasteiger partial charge in [-0.05, 0) is 12.1 Å². The highest BCUT2D eigenvalue weighted by Crippen LogP contribution is 2.16. The van der Waals surface area contributed by atoms with E-state index in [4.69, 9.17) is 15.9 Å². The van der Waals surface area contributed by atoms with Crippen molar-refractivity contribution in [2.24, 2.45) is 5.73 Å². The van der Waals surface area contributed by atoms with Crippen LogP contribution in [0.15, 0.2) is 18.3 Å². The van der Waals surface area contributed by atoms with Crippen LogP contribution in [-0.2, 0) is 6.54 Å². The van der Waals surface area contributed by atoms with Crippen LogP contribution in [0.3, 0.4) is 0 Å². The van der Waals surface area contributed by atoms with E-state index < -0.39 is 0 Å². The minimum atomic E-state index is 0.0406. The zero-order chi connectivity index (χ0) is 11.1. The topological polar surface area (TPSA) is 82.6 Å². The van der Waals surface area contributed by atoms with Crippen molar-refractivity contribution >= 4 is 5.69 Å². The molecule has 0 bridgehead atoms. The smallest absolute Gasteiger partial charge is 0.0772 e. The van der Waals surface area contributed by atoms with Crippen LogP contribution in [0.4, 0.5) is 5.69 Å². The van der Waals surface area contributed by atoms with E-state index >= 15 is 0 Å². The fourth-order valence-electron chi connectivity index (χ4n) is 1.47. The van der Waals surface area contributed by atoms with E-state index in [-0.39, 0.29) is 13.2 Å². The number of aromatic nitrogens is 1. The maximum atomic E-state index is 8.91. The molecule has 0 aliphatic heterocycles. The quantitative estimate of drug-likeness (QED) is 0.581. The molecule has 0 amide bonds. The lowest BCUT2D eigenvalue weighted by Crippen LogP contribution is -2.31. The molecule has 0 aromatic carbocycles. The summed E-state index contributed by atoms with van der Waals surface area (Å²) < 4.78 is 0. The van der Waals surface area contributed by atoms with Crippen molar-refractivity contribution in [2.45, 2.75) is 6.54 Å². The number of nitrogens with zero attached hydrogens (tertiary/aromatic N) is 2. The fraction of sp³-hybridized carbons (Fsp3) is 0.500. The van der Waals surface area contributed by atoms with Gasteiger partial charge in [-0.25, -0.2) is 0 Å². The molecule has 1 aromatic rings. The molecule has 0 fully saturated rings. The third-order valence-electron chi connectivity index (χ3n) is 2.14. The van der Waals surface area contributed by atoms with Crippen LogP contribution < -0.4 is 10.6 Å². The highest BCUT2D eigenvalue weighted by Gasteiger charge is 2.09. The predicted octanol–water partition coefficient (Wildman–Crippen LogP) is -0.669. The Hall–Kier alpha value is -1.17. The van der Waals surface area contributed by atoms with Gasteiger partial charge in [-0.1, -0.05) is 0 Å². The number of nitrogens with two attached hydrogens (primary N) is 1. The maximum Gasteiger partial charge on any atom is 0.0772 e. The van der Waals surface area contributed by atoms with E-state index in [1.54, 1.807) is 6.20 Å². The third-order valence-corrected chi connectivity index (χ3v) is 2.14. The molecule has 0 saturated carbocycles. The average molecular weight is 211 g/mol. The molecule has 84 valence electrons. The first-order valence-corrected chi connectivity index (χ1v) is 4.94. The minimum Gasteiger partial charge on any atom is -0.395 e. The Labute approximate surface area is 89.2 Å². The monoisotopic (exact) mass is 211 g/mol. The number of aliphatic hydroxyl groups is 2. The summed E-state index contributed by atoms with van der Waals surface area (Å²) in [5, 5.41) is 17.8. The van der Waals surface area contributed by atoms with E-state index in [1.165, 1.54) is 0 Å². The number of hydrogen-bond acceptors (Lipinski definition) is 5. The molecule has 15 heavy (non-hydrogen) atoms. The molecule has 5 nitrogen and oxygen atoms in total. The van der Waals surface area contributed by atoms with Gasteiger partial charge in [0.1, 0.15) is 0 Å². The fourth-order valence-corrected chi connectivity index (χ4v) is 1.47. The Morgan fingerprint density at radius 3 is 2.47 bits per heavy atom. The van der Waals surface area contributed by atoms with Crippen LogP contribution in [0, 0.1) is 0 Å². The Morgan fingerprint density at radius 2 is 1.93 bits per heavy atom. The molecule has 0 saturated heterocycles. The molecule has 0 aliphatic carbocycles. The molecule has 0 radical (unpaired) electrons. The zero-order valence-electron chi connectivity index (χ0n) is 8.63. The summed E-state index contributed by atoms with van der Waals surface area (Å²) in [4.78, 5) is 6.02. The summed E-state index contributed by atoms with van der Waals surface area (Å²) >= 11 is 0. The summed E-state index contributed by atoms with van der Waals surface area (Å²) in [6.45, 7) is 1.37. The first-order valence-electron chi connectivity index (χ1n) is 4.94. The first-order chi connectivity index (χ1) is 7.33. The summed E-state index contributed by atoms with van der Waals surface area (Å²) in [5.41, 5.74) is 7.22. The second kappa shape index (κ2) is 6.34. The number of anilines is 1. The van der Waals surface area contributed by atoms with E-state index in [2.05, 4.69) is 4.98 Å². The predicted molar refractivity (Wildman–Crippen MR) is 58.5 cm³/mol. The number of pyridine rings is 1. The molecule has 1 aromatic heterocycles. The van der Waals surface area contributed by atoms with Crippen molar-refractivity contribution in [3.8, 4) is 0 Å². The van der Waals surface area contributed by atoms with Crippen molar-refractivity contribution in [1.29, 1.82) is 0 Å². The molecule has 5 heteroatoms. The van der Waals surface area contributed by atoms with Gasteiger partial charge < -0.3 is 20.8 Å². The molecule has 0 spiro atoms. The molecular formula is C10H17N3O2. The molecule has 0 atom stereocenters. The average Bonchev–Trinajstić information content (AvgIpc) is 2.29. The second-order valence-electron chi connectivity index (χ2n) is 3.11.